The van der Waals surface area contributed by atoms with Crippen LogP contribution < -0.4 is 11.1 Å². The van der Waals surface area contributed by atoms with Gasteiger partial charge in [-0.15, -0.1) is 0 Å². The van der Waals surface area contributed by atoms with Gasteiger partial charge in [0.25, 0.3) is 0 Å². The second-order valence-electron chi connectivity index (χ2n) is 5.26. The number of hydrogen-bond acceptors (Lipinski definition) is 3. The molecule has 0 spiro atoms. The van der Waals surface area contributed by atoms with Gasteiger partial charge in [0.1, 0.15) is 0 Å². The molecular weight excluding hydrogens is 212 g/mol. The Labute approximate surface area is 101 Å². The molecule has 3 rings (SSSR count). The number of rotatable bonds is 0. The third kappa shape index (κ3) is 1.95. The van der Waals surface area contributed by atoms with Gasteiger partial charge in [0.15, 0.2) is 5.78 Å². The molecule has 90 valence electrons. The first-order valence-corrected chi connectivity index (χ1v) is 6.36. The topological polar surface area (TPSA) is 55.1 Å². The molecule has 3 N–H and O–H groups in total. The highest BCUT2D eigenvalue weighted by atomic mass is 16.1. The quantitative estimate of drug-likeness (QED) is 0.666. The van der Waals surface area contributed by atoms with E-state index in [1.165, 1.54) is 5.56 Å². The maximum Gasteiger partial charge on any atom is 0.163 e. The fourth-order valence-corrected chi connectivity index (χ4v) is 3.15. The molecule has 1 aromatic rings. The first kappa shape index (κ1) is 10.8. The van der Waals surface area contributed by atoms with E-state index in [1.807, 2.05) is 18.2 Å². The average molecular weight is 230 g/mol. The molecule has 0 radical (unpaired) electrons. The number of nitrogen functional groups attached to an aromatic ring is 1. The standard InChI is InChI=1S/C14H18N2O/c15-12-2-1-10-5-11-8-16-4-3-9(11)6-14(17)13(10)7-12/h1-2,7,9,11,16H,3-6,8,15H2/t9-,11+/m0/s1. The molecule has 0 amide bonds. The second-order valence-corrected chi connectivity index (χ2v) is 5.26. The second kappa shape index (κ2) is 4.15. The molecule has 3 heteroatoms. The van der Waals surface area contributed by atoms with Crippen molar-refractivity contribution in [2.45, 2.75) is 19.3 Å². The summed E-state index contributed by atoms with van der Waals surface area (Å²) in [6.45, 7) is 2.09. The highest BCUT2D eigenvalue weighted by Gasteiger charge is 2.31. The van der Waals surface area contributed by atoms with E-state index >= 15 is 0 Å². The van der Waals surface area contributed by atoms with Crippen molar-refractivity contribution in [2.24, 2.45) is 11.8 Å². The van der Waals surface area contributed by atoms with E-state index in [2.05, 4.69) is 5.32 Å². The zero-order valence-electron chi connectivity index (χ0n) is 9.91. The molecular formula is C14H18N2O. The number of carbonyl (C=O) groups excluding carboxylic acids is 1. The minimum absolute atomic E-state index is 0.279. The first-order chi connectivity index (χ1) is 8.24. The Morgan fingerprint density at radius 2 is 2.12 bits per heavy atom. The molecule has 0 saturated carbocycles. The predicted octanol–water partition coefficient (Wildman–Crippen LogP) is 1.62. The molecule has 1 aromatic carbocycles. The summed E-state index contributed by atoms with van der Waals surface area (Å²) in [6.07, 6.45) is 2.84. The lowest BCUT2D eigenvalue weighted by Gasteiger charge is -2.30. The van der Waals surface area contributed by atoms with Crippen LogP contribution in [-0.2, 0) is 6.42 Å². The van der Waals surface area contributed by atoms with Crippen molar-refractivity contribution in [3.8, 4) is 0 Å². The molecule has 2 aliphatic rings. The fourth-order valence-electron chi connectivity index (χ4n) is 3.15. The smallest absolute Gasteiger partial charge is 0.163 e. The number of carbonyl (C=O) groups is 1. The Hall–Kier alpha value is -1.35. The van der Waals surface area contributed by atoms with Gasteiger partial charge in [0.05, 0.1) is 0 Å². The summed E-state index contributed by atoms with van der Waals surface area (Å²) >= 11 is 0. The minimum Gasteiger partial charge on any atom is -0.399 e. The Kier molecular flexibility index (Phi) is 2.63. The van der Waals surface area contributed by atoms with Gasteiger partial charge in [-0.05, 0) is 55.5 Å². The Balaban J connectivity index is 1.98. The molecule has 1 saturated heterocycles. The Morgan fingerprint density at radius 3 is 3.00 bits per heavy atom. The van der Waals surface area contributed by atoms with E-state index in [0.29, 0.717) is 23.9 Å². The zero-order valence-corrected chi connectivity index (χ0v) is 9.91. The number of piperidine rings is 1. The first-order valence-electron chi connectivity index (χ1n) is 6.36. The molecule has 0 bridgehead atoms. The van der Waals surface area contributed by atoms with Gasteiger partial charge < -0.3 is 11.1 Å². The number of Topliss-reactive ketones (excluding diaryl/α,β-unsaturated/α-hetero) is 1. The number of fused-ring (bicyclic) bond motifs is 2. The summed E-state index contributed by atoms with van der Waals surface area (Å²) in [4.78, 5) is 12.2. The number of nitrogens with one attached hydrogen (secondary N) is 1. The molecule has 1 aliphatic carbocycles. The summed E-state index contributed by atoms with van der Waals surface area (Å²) in [5.74, 6) is 1.44. The summed E-state index contributed by atoms with van der Waals surface area (Å²) in [5, 5.41) is 3.43. The van der Waals surface area contributed by atoms with E-state index in [1.54, 1.807) is 0 Å². The third-order valence-corrected chi connectivity index (χ3v) is 4.13. The van der Waals surface area contributed by atoms with Crippen molar-refractivity contribution in [3.05, 3.63) is 29.3 Å². The molecule has 1 fully saturated rings. The van der Waals surface area contributed by atoms with Gasteiger partial charge in [-0.2, -0.15) is 0 Å². The molecule has 0 unspecified atom stereocenters. The average Bonchev–Trinajstić information content (AvgIpc) is 2.46. The van der Waals surface area contributed by atoms with Crippen molar-refractivity contribution in [1.82, 2.24) is 5.32 Å². The number of anilines is 1. The van der Waals surface area contributed by atoms with E-state index < -0.39 is 0 Å². The van der Waals surface area contributed by atoms with Gasteiger partial charge in [0.2, 0.25) is 0 Å². The van der Waals surface area contributed by atoms with Crippen LogP contribution in [0.1, 0.15) is 28.8 Å². The highest BCUT2D eigenvalue weighted by molar-refractivity contribution is 5.98. The number of hydrogen-bond donors (Lipinski definition) is 2. The fraction of sp³-hybridized carbons (Fsp3) is 0.500. The van der Waals surface area contributed by atoms with Crippen molar-refractivity contribution in [2.75, 3.05) is 18.8 Å². The minimum atomic E-state index is 0.279. The molecule has 2 atom stereocenters. The predicted molar refractivity (Wildman–Crippen MR) is 68.0 cm³/mol. The van der Waals surface area contributed by atoms with Crippen molar-refractivity contribution < 1.29 is 4.79 Å². The van der Waals surface area contributed by atoms with Crippen LogP contribution in [0.5, 0.6) is 0 Å². The van der Waals surface area contributed by atoms with Gasteiger partial charge in [-0.25, -0.2) is 0 Å². The van der Waals surface area contributed by atoms with E-state index in [0.717, 1.165) is 31.5 Å². The summed E-state index contributed by atoms with van der Waals surface area (Å²) in [6, 6.07) is 5.78. The van der Waals surface area contributed by atoms with Crippen LogP contribution in [0.2, 0.25) is 0 Å². The van der Waals surface area contributed by atoms with Gasteiger partial charge in [0, 0.05) is 17.7 Å². The molecule has 17 heavy (non-hydrogen) atoms. The molecule has 3 nitrogen and oxygen atoms in total. The molecule has 1 heterocycles. The van der Waals surface area contributed by atoms with Gasteiger partial charge in [-0.1, -0.05) is 6.07 Å². The normalized spacial score (nSPS) is 28.1. The maximum absolute atomic E-state index is 12.2. The summed E-state index contributed by atoms with van der Waals surface area (Å²) < 4.78 is 0. The zero-order chi connectivity index (χ0) is 11.8. The van der Waals surface area contributed by atoms with Crippen LogP contribution in [0.25, 0.3) is 0 Å². The van der Waals surface area contributed by atoms with E-state index in [4.69, 9.17) is 5.73 Å². The van der Waals surface area contributed by atoms with E-state index in [-0.39, 0.29) is 5.78 Å². The van der Waals surface area contributed by atoms with E-state index in [9.17, 15) is 4.79 Å². The summed E-state index contributed by atoms with van der Waals surface area (Å²) in [7, 11) is 0. The van der Waals surface area contributed by atoms with Crippen molar-refractivity contribution >= 4 is 11.5 Å². The van der Waals surface area contributed by atoms with Gasteiger partial charge in [-0.3, -0.25) is 4.79 Å². The lowest BCUT2D eigenvalue weighted by Crippen LogP contribution is -2.37. The molecule has 0 aromatic heterocycles. The summed E-state index contributed by atoms with van der Waals surface area (Å²) in [5.41, 5.74) is 8.51. The number of ketones is 1. The van der Waals surface area contributed by atoms with Crippen LogP contribution in [0, 0.1) is 11.8 Å². The van der Waals surface area contributed by atoms with Crippen LogP contribution in [-0.4, -0.2) is 18.9 Å². The third-order valence-electron chi connectivity index (χ3n) is 4.13. The Bertz CT molecular complexity index is 456. The monoisotopic (exact) mass is 230 g/mol. The highest BCUT2D eigenvalue weighted by Crippen LogP contribution is 2.33. The van der Waals surface area contributed by atoms with Crippen LogP contribution in [0.15, 0.2) is 18.2 Å². The Morgan fingerprint density at radius 1 is 1.24 bits per heavy atom. The SMILES string of the molecule is Nc1ccc2c(c1)C(=O)C[C@@H]1CCNC[C@H]1C2. The largest absolute Gasteiger partial charge is 0.399 e. The van der Waals surface area contributed by atoms with Crippen LogP contribution in [0.4, 0.5) is 5.69 Å². The van der Waals surface area contributed by atoms with Crippen molar-refractivity contribution in [1.29, 1.82) is 0 Å². The lowest BCUT2D eigenvalue weighted by molar-refractivity contribution is 0.0939. The molecule has 1 aliphatic heterocycles. The van der Waals surface area contributed by atoms with Gasteiger partial charge >= 0.3 is 0 Å². The maximum atomic E-state index is 12.2. The van der Waals surface area contributed by atoms with Crippen molar-refractivity contribution in [3.63, 3.8) is 0 Å². The number of benzene rings is 1. The van der Waals surface area contributed by atoms with Crippen LogP contribution >= 0.6 is 0 Å². The number of nitrogens with two attached hydrogens (primary N) is 1. The van der Waals surface area contributed by atoms with Crippen LogP contribution in [0.3, 0.4) is 0 Å². The lowest BCUT2D eigenvalue weighted by atomic mass is 9.82.